The second-order valence-corrected chi connectivity index (χ2v) is 5.18. The van der Waals surface area contributed by atoms with E-state index in [1.807, 2.05) is 24.3 Å². The molecular formula is C15H20N2O4. The number of hydrogen-bond donors (Lipinski definition) is 1. The van der Waals surface area contributed by atoms with Crippen LogP contribution in [0.1, 0.15) is 18.4 Å². The number of carbonyl (C=O) groups is 2. The second-order valence-electron chi connectivity index (χ2n) is 5.18. The van der Waals surface area contributed by atoms with E-state index in [9.17, 15) is 9.59 Å². The molecule has 6 heteroatoms. The van der Waals surface area contributed by atoms with E-state index in [0.717, 1.165) is 17.7 Å². The van der Waals surface area contributed by atoms with Gasteiger partial charge in [0.1, 0.15) is 11.8 Å². The van der Waals surface area contributed by atoms with Crippen molar-refractivity contribution in [3.05, 3.63) is 29.8 Å². The third-order valence-corrected chi connectivity index (χ3v) is 3.69. The molecule has 0 saturated carbocycles. The fourth-order valence-corrected chi connectivity index (χ4v) is 2.54. The Morgan fingerprint density at radius 1 is 1.38 bits per heavy atom. The van der Waals surface area contributed by atoms with Crippen LogP contribution in [0, 0.1) is 0 Å². The number of benzene rings is 1. The first-order valence-electron chi connectivity index (χ1n) is 6.90. The molecule has 0 bridgehead atoms. The fourth-order valence-electron chi connectivity index (χ4n) is 2.54. The average molecular weight is 292 g/mol. The number of hydrogen-bond acceptors (Lipinski definition) is 3. The molecule has 2 rings (SSSR count). The number of methoxy groups -OCH3 is 1. The van der Waals surface area contributed by atoms with Crippen molar-refractivity contribution >= 4 is 12.0 Å². The fraction of sp³-hybridized carbons (Fsp3) is 0.467. The second kappa shape index (κ2) is 6.47. The Labute approximate surface area is 123 Å². The van der Waals surface area contributed by atoms with E-state index in [4.69, 9.17) is 9.84 Å². The van der Waals surface area contributed by atoms with Gasteiger partial charge in [0.15, 0.2) is 0 Å². The molecule has 21 heavy (non-hydrogen) atoms. The molecule has 0 aromatic heterocycles. The summed E-state index contributed by atoms with van der Waals surface area (Å²) < 4.78 is 5.09. The molecule has 1 aliphatic rings. The number of carboxylic acid groups (broad SMARTS) is 1. The summed E-state index contributed by atoms with van der Waals surface area (Å²) in [6.07, 6.45) is 1.26. The lowest BCUT2D eigenvalue weighted by Crippen LogP contribution is -2.46. The van der Waals surface area contributed by atoms with Gasteiger partial charge >= 0.3 is 12.0 Å². The molecule has 1 saturated heterocycles. The Morgan fingerprint density at radius 3 is 2.62 bits per heavy atom. The summed E-state index contributed by atoms with van der Waals surface area (Å²) in [4.78, 5) is 26.5. The van der Waals surface area contributed by atoms with E-state index in [-0.39, 0.29) is 6.03 Å². The third-order valence-electron chi connectivity index (χ3n) is 3.69. The van der Waals surface area contributed by atoms with Gasteiger partial charge in [-0.05, 0) is 30.5 Å². The maximum Gasteiger partial charge on any atom is 0.326 e. The highest BCUT2D eigenvalue weighted by Gasteiger charge is 2.35. The van der Waals surface area contributed by atoms with Gasteiger partial charge in [-0.3, -0.25) is 0 Å². The largest absolute Gasteiger partial charge is 0.497 e. The number of likely N-dealkylation sites (tertiary alicyclic amines) is 1. The van der Waals surface area contributed by atoms with Crippen LogP contribution in [0.4, 0.5) is 4.79 Å². The smallest absolute Gasteiger partial charge is 0.326 e. The van der Waals surface area contributed by atoms with Crippen LogP contribution >= 0.6 is 0 Å². The average Bonchev–Trinajstić information content (AvgIpc) is 2.96. The molecule has 0 unspecified atom stereocenters. The number of ether oxygens (including phenoxy) is 1. The van der Waals surface area contributed by atoms with Gasteiger partial charge in [0, 0.05) is 20.1 Å². The van der Waals surface area contributed by atoms with Crippen molar-refractivity contribution in [3.63, 3.8) is 0 Å². The normalized spacial score (nSPS) is 17.6. The van der Waals surface area contributed by atoms with E-state index in [1.165, 1.54) is 4.90 Å². The lowest BCUT2D eigenvalue weighted by atomic mass is 10.2. The predicted octanol–water partition coefficient (Wildman–Crippen LogP) is 1.80. The van der Waals surface area contributed by atoms with Gasteiger partial charge in [-0.2, -0.15) is 0 Å². The zero-order valence-corrected chi connectivity index (χ0v) is 12.3. The first-order valence-corrected chi connectivity index (χ1v) is 6.90. The van der Waals surface area contributed by atoms with E-state index in [0.29, 0.717) is 19.5 Å². The molecule has 6 nitrogen and oxygen atoms in total. The lowest BCUT2D eigenvalue weighted by Gasteiger charge is -2.27. The van der Waals surface area contributed by atoms with Crippen molar-refractivity contribution in [3.8, 4) is 5.75 Å². The van der Waals surface area contributed by atoms with Gasteiger partial charge in [-0.1, -0.05) is 12.1 Å². The quantitative estimate of drug-likeness (QED) is 0.918. The van der Waals surface area contributed by atoms with E-state index in [1.54, 1.807) is 19.1 Å². The van der Waals surface area contributed by atoms with Crippen LogP contribution in [-0.2, 0) is 11.3 Å². The monoisotopic (exact) mass is 292 g/mol. The summed E-state index contributed by atoms with van der Waals surface area (Å²) in [6, 6.07) is 6.52. The summed E-state index contributed by atoms with van der Waals surface area (Å²) in [6.45, 7) is 0.939. The van der Waals surface area contributed by atoms with Crippen LogP contribution in [0.5, 0.6) is 5.75 Å². The number of carboxylic acids is 1. The maximum atomic E-state index is 12.4. The minimum atomic E-state index is -0.932. The highest BCUT2D eigenvalue weighted by Crippen LogP contribution is 2.20. The van der Waals surface area contributed by atoms with Crippen molar-refractivity contribution in [2.24, 2.45) is 0 Å². The standard InChI is InChI=1S/C15H20N2O4/c1-16(10-11-5-7-12(21-2)8-6-11)15(20)17-9-3-4-13(17)14(18)19/h5-8,13H,3-4,9-10H2,1-2H3,(H,18,19)/t13-/m0/s1. The van der Waals surface area contributed by atoms with Crippen LogP contribution < -0.4 is 4.74 Å². The molecule has 1 fully saturated rings. The first-order chi connectivity index (χ1) is 10.0. The lowest BCUT2D eigenvalue weighted by molar-refractivity contribution is -0.141. The highest BCUT2D eigenvalue weighted by atomic mass is 16.5. The van der Waals surface area contributed by atoms with Crippen molar-refractivity contribution < 1.29 is 19.4 Å². The molecule has 0 aliphatic carbocycles. The van der Waals surface area contributed by atoms with Gasteiger partial charge in [0.2, 0.25) is 0 Å². The summed E-state index contributed by atoms with van der Waals surface area (Å²) in [7, 11) is 3.29. The van der Waals surface area contributed by atoms with E-state index >= 15 is 0 Å². The summed E-state index contributed by atoms with van der Waals surface area (Å²) in [5.41, 5.74) is 0.970. The van der Waals surface area contributed by atoms with Gasteiger partial charge in [0.05, 0.1) is 7.11 Å². The minimum absolute atomic E-state index is 0.240. The van der Waals surface area contributed by atoms with Crippen LogP contribution in [-0.4, -0.2) is 53.7 Å². The van der Waals surface area contributed by atoms with Crippen LogP contribution in [0.25, 0.3) is 0 Å². The first kappa shape index (κ1) is 15.2. The molecule has 1 aliphatic heterocycles. The zero-order chi connectivity index (χ0) is 15.4. The Bertz CT molecular complexity index is 515. The summed E-state index contributed by atoms with van der Waals surface area (Å²) in [5.74, 6) is -0.170. The number of urea groups is 1. The third kappa shape index (κ3) is 3.45. The van der Waals surface area contributed by atoms with Gasteiger partial charge < -0.3 is 19.6 Å². The van der Waals surface area contributed by atoms with Crippen LogP contribution in [0.2, 0.25) is 0 Å². The minimum Gasteiger partial charge on any atom is -0.497 e. The maximum absolute atomic E-state index is 12.4. The van der Waals surface area contributed by atoms with Crippen molar-refractivity contribution in [2.75, 3.05) is 20.7 Å². The molecule has 114 valence electrons. The number of carbonyl (C=O) groups excluding carboxylic acids is 1. The summed E-state index contributed by atoms with van der Waals surface area (Å²) >= 11 is 0. The predicted molar refractivity (Wildman–Crippen MR) is 77.2 cm³/mol. The zero-order valence-electron chi connectivity index (χ0n) is 12.3. The number of amides is 2. The highest BCUT2D eigenvalue weighted by molar-refractivity contribution is 5.83. The van der Waals surface area contributed by atoms with Crippen molar-refractivity contribution in [2.45, 2.75) is 25.4 Å². The van der Waals surface area contributed by atoms with Gasteiger partial charge in [0.25, 0.3) is 0 Å². The SMILES string of the molecule is COc1ccc(CN(C)C(=O)N2CCC[C@H]2C(=O)O)cc1. The van der Waals surface area contributed by atoms with Crippen molar-refractivity contribution in [1.29, 1.82) is 0 Å². The molecule has 0 spiro atoms. The number of aliphatic carboxylic acids is 1. The van der Waals surface area contributed by atoms with Crippen LogP contribution in [0.15, 0.2) is 24.3 Å². The molecule has 1 aromatic carbocycles. The van der Waals surface area contributed by atoms with Crippen LogP contribution in [0.3, 0.4) is 0 Å². The van der Waals surface area contributed by atoms with Crippen molar-refractivity contribution in [1.82, 2.24) is 9.80 Å². The molecular weight excluding hydrogens is 272 g/mol. The molecule has 1 aromatic rings. The molecule has 0 radical (unpaired) electrons. The van der Waals surface area contributed by atoms with Gasteiger partial charge in [-0.25, -0.2) is 9.59 Å². The molecule has 1 atom stereocenters. The Kier molecular flexibility index (Phi) is 4.67. The topological polar surface area (TPSA) is 70.1 Å². The number of nitrogens with zero attached hydrogens (tertiary/aromatic N) is 2. The Morgan fingerprint density at radius 2 is 2.05 bits per heavy atom. The Hall–Kier alpha value is -2.24. The Balaban J connectivity index is 2.00. The molecule has 1 heterocycles. The number of rotatable bonds is 4. The van der Waals surface area contributed by atoms with E-state index in [2.05, 4.69) is 0 Å². The summed E-state index contributed by atoms with van der Waals surface area (Å²) in [5, 5.41) is 9.14. The van der Waals surface area contributed by atoms with E-state index < -0.39 is 12.0 Å². The molecule has 2 amide bonds. The van der Waals surface area contributed by atoms with Gasteiger partial charge in [-0.15, -0.1) is 0 Å². The molecule has 1 N–H and O–H groups in total.